The highest BCUT2D eigenvalue weighted by Gasteiger charge is 2.03. The Morgan fingerprint density at radius 1 is 1.00 bits per heavy atom. The van der Waals surface area contributed by atoms with Crippen molar-refractivity contribution in [1.82, 2.24) is 16.0 Å². The van der Waals surface area contributed by atoms with Gasteiger partial charge in [-0.1, -0.05) is 24.3 Å². The van der Waals surface area contributed by atoms with Gasteiger partial charge >= 0.3 is 6.03 Å². The molecule has 0 aliphatic carbocycles. The lowest BCUT2D eigenvalue weighted by Crippen LogP contribution is -2.36. The molecule has 0 aliphatic heterocycles. The van der Waals surface area contributed by atoms with E-state index >= 15 is 0 Å². The summed E-state index contributed by atoms with van der Waals surface area (Å²) >= 11 is 0. The molecule has 0 unspecified atom stereocenters. The molecule has 8 heteroatoms. The third-order valence-electron chi connectivity index (χ3n) is 3.77. The van der Waals surface area contributed by atoms with Gasteiger partial charge < -0.3 is 21.3 Å². The maximum absolute atomic E-state index is 13.0. The number of nitrogens with one attached hydrogen (secondary N) is 4. The summed E-state index contributed by atoms with van der Waals surface area (Å²) in [5.74, 6) is 0.439. The molecule has 0 saturated carbocycles. The second-order valence-electron chi connectivity index (χ2n) is 6.63. The van der Waals surface area contributed by atoms with E-state index < -0.39 is 0 Å². The number of amides is 2. The second kappa shape index (κ2) is 13.0. The molecule has 0 spiro atoms. The molecule has 0 aliphatic rings. The quantitative estimate of drug-likeness (QED) is 0.254. The van der Waals surface area contributed by atoms with E-state index in [0.29, 0.717) is 19.0 Å². The van der Waals surface area contributed by atoms with E-state index in [1.54, 1.807) is 12.1 Å². The minimum Gasteiger partial charge on any atom is -0.357 e. The van der Waals surface area contributed by atoms with E-state index in [0.717, 1.165) is 23.4 Å². The molecular weight excluding hydrogens is 484 g/mol. The van der Waals surface area contributed by atoms with E-state index in [-0.39, 0.29) is 41.9 Å². The number of carbonyl (C=O) groups is 1. The summed E-state index contributed by atoms with van der Waals surface area (Å²) in [7, 11) is 0. The number of carbonyl (C=O) groups excluding carboxylic acids is 1. The summed E-state index contributed by atoms with van der Waals surface area (Å²) in [5.41, 5.74) is 2.73. The molecule has 0 aromatic heterocycles. The van der Waals surface area contributed by atoms with Crippen molar-refractivity contribution in [2.24, 2.45) is 4.99 Å². The zero-order valence-electron chi connectivity index (χ0n) is 17.0. The van der Waals surface area contributed by atoms with Crippen LogP contribution in [0.4, 0.5) is 14.9 Å². The van der Waals surface area contributed by atoms with Gasteiger partial charge in [-0.25, -0.2) is 14.2 Å². The SMILES string of the molecule is CCNC(=NCc1ccc(NC(=O)NC(C)C)cc1)NCc1ccc(F)cc1.I. The first-order valence-corrected chi connectivity index (χ1v) is 9.39. The average Bonchev–Trinajstić information content (AvgIpc) is 2.66. The highest BCUT2D eigenvalue weighted by atomic mass is 127. The lowest BCUT2D eigenvalue weighted by molar-refractivity contribution is 0.250. The lowest BCUT2D eigenvalue weighted by atomic mass is 10.2. The molecule has 4 N–H and O–H groups in total. The molecule has 29 heavy (non-hydrogen) atoms. The molecule has 0 fully saturated rings. The Morgan fingerprint density at radius 3 is 2.21 bits per heavy atom. The first-order chi connectivity index (χ1) is 13.5. The van der Waals surface area contributed by atoms with Crippen molar-refractivity contribution >= 4 is 41.7 Å². The van der Waals surface area contributed by atoms with Gasteiger partial charge in [0, 0.05) is 24.8 Å². The van der Waals surface area contributed by atoms with E-state index in [2.05, 4.69) is 26.3 Å². The van der Waals surface area contributed by atoms with Crippen LogP contribution in [0.2, 0.25) is 0 Å². The van der Waals surface area contributed by atoms with Crippen molar-refractivity contribution in [3.8, 4) is 0 Å². The first kappa shape index (κ1) is 24.7. The number of anilines is 1. The first-order valence-electron chi connectivity index (χ1n) is 9.39. The third-order valence-corrected chi connectivity index (χ3v) is 3.77. The zero-order chi connectivity index (χ0) is 20.4. The minimum atomic E-state index is -0.246. The maximum atomic E-state index is 13.0. The molecule has 2 amide bonds. The number of aliphatic imine (C=N–C) groups is 1. The molecule has 2 rings (SSSR count). The number of guanidine groups is 1. The highest BCUT2D eigenvalue weighted by molar-refractivity contribution is 14.0. The predicted molar refractivity (Wildman–Crippen MR) is 127 cm³/mol. The summed E-state index contributed by atoms with van der Waals surface area (Å²) in [6, 6.07) is 13.8. The van der Waals surface area contributed by atoms with Crippen LogP contribution in [0.25, 0.3) is 0 Å². The molecular formula is C21H29FIN5O. The fraction of sp³-hybridized carbons (Fsp3) is 0.333. The van der Waals surface area contributed by atoms with Gasteiger partial charge in [0.25, 0.3) is 0 Å². The molecule has 0 atom stereocenters. The monoisotopic (exact) mass is 513 g/mol. The van der Waals surface area contributed by atoms with Crippen molar-refractivity contribution < 1.29 is 9.18 Å². The summed E-state index contributed by atoms with van der Waals surface area (Å²) in [6.07, 6.45) is 0. The number of benzene rings is 2. The normalized spacial score (nSPS) is 10.9. The molecule has 0 saturated heterocycles. The van der Waals surface area contributed by atoms with Crippen LogP contribution < -0.4 is 21.3 Å². The van der Waals surface area contributed by atoms with Crippen molar-refractivity contribution in [1.29, 1.82) is 0 Å². The van der Waals surface area contributed by atoms with E-state index in [1.807, 2.05) is 45.0 Å². The fourth-order valence-corrected chi connectivity index (χ4v) is 2.42. The molecule has 2 aromatic rings. The molecule has 0 heterocycles. The van der Waals surface area contributed by atoms with Crippen LogP contribution in [0.15, 0.2) is 53.5 Å². The number of hydrogen-bond donors (Lipinski definition) is 4. The van der Waals surface area contributed by atoms with Crippen LogP contribution in [0.5, 0.6) is 0 Å². The Balaban J connectivity index is 0.00000420. The molecule has 158 valence electrons. The van der Waals surface area contributed by atoms with Gasteiger partial charge in [-0.3, -0.25) is 0 Å². The smallest absolute Gasteiger partial charge is 0.319 e. The summed E-state index contributed by atoms with van der Waals surface area (Å²) in [6.45, 7) is 7.61. The number of hydrogen-bond acceptors (Lipinski definition) is 2. The van der Waals surface area contributed by atoms with Crippen LogP contribution in [0.1, 0.15) is 31.9 Å². The highest BCUT2D eigenvalue weighted by Crippen LogP contribution is 2.10. The fourth-order valence-electron chi connectivity index (χ4n) is 2.42. The minimum absolute atomic E-state index is 0. The van der Waals surface area contributed by atoms with E-state index in [4.69, 9.17) is 0 Å². The molecule has 2 aromatic carbocycles. The van der Waals surface area contributed by atoms with Crippen molar-refractivity contribution in [2.75, 3.05) is 11.9 Å². The van der Waals surface area contributed by atoms with Gasteiger partial charge in [-0.15, -0.1) is 24.0 Å². The number of rotatable bonds is 7. The van der Waals surface area contributed by atoms with Crippen LogP contribution in [-0.4, -0.2) is 24.6 Å². The Kier molecular flexibility index (Phi) is 11.0. The average molecular weight is 513 g/mol. The lowest BCUT2D eigenvalue weighted by Gasteiger charge is -2.12. The standard InChI is InChI=1S/C21H28FN5O.HI/c1-4-23-20(24-13-16-5-9-18(22)10-6-16)25-14-17-7-11-19(12-8-17)27-21(28)26-15(2)3;/h5-12,15H,4,13-14H2,1-3H3,(H2,23,24,25)(H2,26,27,28);1H. The van der Waals surface area contributed by atoms with Gasteiger partial charge in [-0.05, 0) is 56.2 Å². The van der Waals surface area contributed by atoms with E-state index in [1.165, 1.54) is 12.1 Å². The summed E-state index contributed by atoms with van der Waals surface area (Å²) in [4.78, 5) is 16.3. The Hall–Kier alpha value is -2.36. The second-order valence-corrected chi connectivity index (χ2v) is 6.63. The Bertz CT molecular complexity index is 779. The summed E-state index contributed by atoms with van der Waals surface area (Å²) < 4.78 is 13.0. The zero-order valence-corrected chi connectivity index (χ0v) is 19.3. The van der Waals surface area contributed by atoms with Crippen molar-refractivity contribution in [3.05, 3.63) is 65.5 Å². The van der Waals surface area contributed by atoms with Gasteiger partial charge in [0.05, 0.1) is 6.54 Å². The van der Waals surface area contributed by atoms with E-state index in [9.17, 15) is 9.18 Å². The number of halogens is 2. The van der Waals surface area contributed by atoms with Crippen LogP contribution in [-0.2, 0) is 13.1 Å². The van der Waals surface area contributed by atoms with Crippen molar-refractivity contribution in [3.63, 3.8) is 0 Å². The van der Waals surface area contributed by atoms with Gasteiger partial charge in [-0.2, -0.15) is 0 Å². The number of nitrogens with zero attached hydrogens (tertiary/aromatic N) is 1. The number of urea groups is 1. The largest absolute Gasteiger partial charge is 0.357 e. The van der Waals surface area contributed by atoms with Gasteiger partial charge in [0.15, 0.2) is 5.96 Å². The topological polar surface area (TPSA) is 77.5 Å². The summed E-state index contributed by atoms with van der Waals surface area (Å²) in [5, 5.41) is 12.0. The third kappa shape index (κ3) is 9.60. The Morgan fingerprint density at radius 2 is 1.62 bits per heavy atom. The Labute approximate surface area is 188 Å². The van der Waals surface area contributed by atoms with Gasteiger partial charge in [0.2, 0.25) is 0 Å². The van der Waals surface area contributed by atoms with Crippen LogP contribution in [0.3, 0.4) is 0 Å². The maximum Gasteiger partial charge on any atom is 0.319 e. The molecule has 0 radical (unpaired) electrons. The van der Waals surface area contributed by atoms with Crippen LogP contribution in [0, 0.1) is 5.82 Å². The predicted octanol–water partition coefficient (Wildman–Crippen LogP) is 4.23. The van der Waals surface area contributed by atoms with Crippen molar-refractivity contribution in [2.45, 2.75) is 39.9 Å². The molecule has 6 nitrogen and oxygen atoms in total. The van der Waals surface area contributed by atoms with Gasteiger partial charge in [0.1, 0.15) is 5.82 Å². The van der Waals surface area contributed by atoms with Crippen LogP contribution >= 0.6 is 24.0 Å². The molecule has 0 bridgehead atoms.